The summed E-state index contributed by atoms with van der Waals surface area (Å²) in [4.78, 5) is 13.1. The first kappa shape index (κ1) is 28.1. The van der Waals surface area contributed by atoms with Gasteiger partial charge in [0.15, 0.2) is 0 Å². The molecule has 0 fully saturated rings. The number of likely N-dealkylation sites (N-methyl/N-ethyl adjacent to an activating group) is 1. The predicted octanol–water partition coefficient (Wildman–Crippen LogP) is 6.34. The maximum Gasteiger partial charge on any atom is 0.245 e. The average molecular weight is 547 g/mol. The minimum atomic E-state index is -0.459. The van der Waals surface area contributed by atoms with E-state index in [1.807, 2.05) is 66.7 Å². The molecule has 0 aliphatic carbocycles. The number of hydrogen-bond acceptors (Lipinski definition) is 4. The van der Waals surface area contributed by atoms with E-state index >= 15 is 0 Å². The molecule has 39 heavy (non-hydrogen) atoms. The maximum atomic E-state index is 14.4. The van der Waals surface area contributed by atoms with Gasteiger partial charge in [-0.15, -0.1) is 0 Å². The Morgan fingerprint density at radius 2 is 1.85 bits per heavy atom. The molecule has 0 spiro atoms. The van der Waals surface area contributed by atoms with Gasteiger partial charge in [-0.05, 0) is 64.6 Å². The zero-order valence-electron chi connectivity index (χ0n) is 22.3. The summed E-state index contributed by atoms with van der Waals surface area (Å²) in [7, 11) is 3.44. The molecule has 4 aromatic rings. The molecule has 6 nitrogen and oxygen atoms in total. The second kappa shape index (κ2) is 13.2. The van der Waals surface area contributed by atoms with Gasteiger partial charge in [0, 0.05) is 38.3 Å². The summed E-state index contributed by atoms with van der Waals surface area (Å²) in [5.74, 6) is 0.238. The van der Waals surface area contributed by atoms with Crippen LogP contribution in [-0.2, 0) is 4.79 Å². The first-order chi connectivity index (χ1) is 18.9. The molecule has 0 atom stereocenters. The van der Waals surface area contributed by atoms with E-state index in [0.717, 1.165) is 40.0 Å². The van der Waals surface area contributed by atoms with Gasteiger partial charge >= 0.3 is 0 Å². The van der Waals surface area contributed by atoms with Crippen molar-refractivity contribution in [3.63, 3.8) is 0 Å². The lowest BCUT2D eigenvalue weighted by atomic mass is 9.88. The van der Waals surface area contributed by atoms with Crippen molar-refractivity contribution in [1.82, 2.24) is 20.4 Å². The molecule has 1 aromatic heterocycles. The SMILES string of the molecule is CCC(=C(c1ccc(OCCNCC=CC(=O)N(C)C)cc1)c1ccc2n[nH]c(F)c2c1)c1ccccc1Cl. The number of nitrogens with zero attached hydrogens (tertiary/aromatic N) is 2. The number of ether oxygens (including phenoxy) is 1. The van der Waals surface area contributed by atoms with Gasteiger partial charge in [-0.2, -0.15) is 9.49 Å². The molecule has 2 N–H and O–H groups in total. The second-order valence-corrected chi connectivity index (χ2v) is 9.58. The third kappa shape index (κ3) is 6.93. The fourth-order valence-corrected chi connectivity index (χ4v) is 4.56. The van der Waals surface area contributed by atoms with Crippen molar-refractivity contribution in [2.24, 2.45) is 0 Å². The van der Waals surface area contributed by atoms with Crippen LogP contribution in [0.25, 0.3) is 22.0 Å². The summed E-state index contributed by atoms with van der Waals surface area (Å²) in [5.41, 5.74) is 5.39. The number of allylic oxidation sites excluding steroid dienone is 1. The molecular weight excluding hydrogens is 515 g/mol. The number of aromatic amines is 1. The lowest BCUT2D eigenvalue weighted by Crippen LogP contribution is -2.22. The van der Waals surface area contributed by atoms with Crippen LogP contribution in [-0.4, -0.2) is 54.8 Å². The van der Waals surface area contributed by atoms with E-state index in [4.69, 9.17) is 16.3 Å². The number of amides is 1. The van der Waals surface area contributed by atoms with E-state index in [0.29, 0.717) is 35.6 Å². The van der Waals surface area contributed by atoms with Crippen molar-refractivity contribution in [3.05, 3.63) is 107 Å². The fraction of sp³-hybridized carbons (Fsp3) is 0.226. The number of aromatic nitrogens is 2. The van der Waals surface area contributed by atoms with Crippen LogP contribution in [0.15, 0.2) is 78.9 Å². The van der Waals surface area contributed by atoms with Crippen LogP contribution in [0.1, 0.15) is 30.0 Å². The molecule has 0 bridgehead atoms. The Morgan fingerprint density at radius 1 is 1.10 bits per heavy atom. The van der Waals surface area contributed by atoms with Gasteiger partial charge in [-0.1, -0.05) is 61.0 Å². The zero-order chi connectivity index (χ0) is 27.8. The largest absolute Gasteiger partial charge is 0.492 e. The van der Waals surface area contributed by atoms with Crippen LogP contribution in [0, 0.1) is 5.95 Å². The summed E-state index contributed by atoms with van der Waals surface area (Å²) in [6, 6.07) is 21.3. The van der Waals surface area contributed by atoms with Crippen LogP contribution in [0.4, 0.5) is 4.39 Å². The molecule has 0 aliphatic heterocycles. The summed E-state index contributed by atoms with van der Waals surface area (Å²) < 4.78 is 20.3. The van der Waals surface area contributed by atoms with E-state index in [1.54, 1.807) is 26.2 Å². The van der Waals surface area contributed by atoms with Crippen LogP contribution in [0.3, 0.4) is 0 Å². The average Bonchev–Trinajstić information content (AvgIpc) is 3.31. The molecule has 3 aromatic carbocycles. The highest BCUT2D eigenvalue weighted by Crippen LogP contribution is 2.38. The minimum absolute atomic E-state index is 0.0443. The van der Waals surface area contributed by atoms with E-state index in [2.05, 4.69) is 22.4 Å². The molecule has 0 unspecified atom stereocenters. The second-order valence-electron chi connectivity index (χ2n) is 9.17. The van der Waals surface area contributed by atoms with Crippen molar-refractivity contribution in [1.29, 1.82) is 0 Å². The van der Waals surface area contributed by atoms with Crippen LogP contribution >= 0.6 is 11.6 Å². The van der Waals surface area contributed by atoms with Crippen molar-refractivity contribution in [2.45, 2.75) is 13.3 Å². The van der Waals surface area contributed by atoms with Crippen molar-refractivity contribution in [2.75, 3.05) is 33.8 Å². The van der Waals surface area contributed by atoms with Gasteiger partial charge in [0.25, 0.3) is 0 Å². The lowest BCUT2D eigenvalue weighted by Gasteiger charge is -2.18. The van der Waals surface area contributed by atoms with Crippen LogP contribution < -0.4 is 10.1 Å². The predicted molar refractivity (Wildman–Crippen MR) is 156 cm³/mol. The molecule has 0 saturated carbocycles. The van der Waals surface area contributed by atoms with Gasteiger partial charge in [0.05, 0.1) is 10.9 Å². The van der Waals surface area contributed by atoms with Gasteiger partial charge in [0.2, 0.25) is 11.9 Å². The molecular formula is C31H32ClFN4O2. The van der Waals surface area contributed by atoms with E-state index < -0.39 is 5.95 Å². The van der Waals surface area contributed by atoms with Gasteiger partial charge < -0.3 is 15.0 Å². The molecule has 0 aliphatic rings. The van der Waals surface area contributed by atoms with Crippen LogP contribution in [0.2, 0.25) is 5.02 Å². The highest BCUT2D eigenvalue weighted by molar-refractivity contribution is 6.32. The zero-order valence-corrected chi connectivity index (χ0v) is 23.1. The fourth-order valence-electron chi connectivity index (χ4n) is 4.31. The third-order valence-corrected chi connectivity index (χ3v) is 6.63. The summed E-state index contributed by atoms with van der Waals surface area (Å²) in [6.45, 7) is 3.79. The number of H-pyrrole nitrogens is 1. The van der Waals surface area contributed by atoms with Crippen molar-refractivity contribution in [3.8, 4) is 5.75 Å². The van der Waals surface area contributed by atoms with Gasteiger partial charge in [-0.25, -0.2) is 0 Å². The standard InChI is InChI=1S/C31H32ClFN4O2/c1-4-24(25-8-5-6-9-27(25)32)30(22-13-16-28-26(20-22)31(33)36-35-28)21-11-14-23(15-12-21)39-19-18-34-17-7-10-29(38)37(2)3/h5-16,20,34H,4,17-19H2,1-3H3,(H,35,36). The molecule has 202 valence electrons. The molecule has 4 rings (SSSR count). The van der Waals surface area contributed by atoms with E-state index in [1.165, 1.54) is 4.90 Å². The quantitative estimate of drug-likeness (QED) is 0.131. The van der Waals surface area contributed by atoms with Crippen LogP contribution in [0.5, 0.6) is 5.75 Å². The maximum absolute atomic E-state index is 14.4. The Bertz CT molecular complexity index is 1490. The minimum Gasteiger partial charge on any atom is -0.492 e. The normalized spacial score (nSPS) is 12.1. The van der Waals surface area contributed by atoms with Gasteiger partial charge in [0.1, 0.15) is 12.4 Å². The number of benzene rings is 3. The Kier molecular flexibility index (Phi) is 9.52. The highest BCUT2D eigenvalue weighted by atomic mass is 35.5. The highest BCUT2D eigenvalue weighted by Gasteiger charge is 2.17. The Balaban J connectivity index is 1.56. The summed E-state index contributed by atoms with van der Waals surface area (Å²) in [6.07, 6.45) is 4.06. The topological polar surface area (TPSA) is 70.2 Å². The number of hydrogen-bond donors (Lipinski definition) is 2. The lowest BCUT2D eigenvalue weighted by molar-refractivity contribution is -0.123. The number of fused-ring (bicyclic) bond motifs is 1. The molecule has 1 heterocycles. The first-order valence-corrected chi connectivity index (χ1v) is 13.2. The number of carbonyl (C=O) groups excluding carboxylic acids is 1. The Labute approximate surface area is 233 Å². The monoisotopic (exact) mass is 546 g/mol. The number of nitrogens with one attached hydrogen (secondary N) is 2. The van der Waals surface area contributed by atoms with Crippen molar-refractivity contribution >= 4 is 39.6 Å². The Hall–Kier alpha value is -3.94. The Morgan fingerprint density at radius 3 is 2.56 bits per heavy atom. The summed E-state index contributed by atoms with van der Waals surface area (Å²) in [5, 5.41) is 10.8. The molecule has 0 saturated heterocycles. The number of rotatable bonds is 11. The summed E-state index contributed by atoms with van der Waals surface area (Å²) >= 11 is 6.62. The number of carbonyl (C=O) groups is 1. The third-order valence-electron chi connectivity index (χ3n) is 6.30. The first-order valence-electron chi connectivity index (χ1n) is 12.8. The number of halogens is 2. The molecule has 1 amide bonds. The van der Waals surface area contributed by atoms with E-state index in [-0.39, 0.29) is 5.91 Å². The van der Waals surface area contributed by atoms with Crippen molar-refractivity contribution < 1.29 is 13.9 Å². The van der Waals surface area contributed by atoms with E-state index in [9.17, 15) is 9.18 Å². The smallest absolute Gasteiger partial charge is 0.245 e. The molecule has 8 heteroatoms. The van der Waals surface area contributed by atoms with Gasteiger partial charge in [-0.3, -0.25) is 9.89 Å². The molecule has 0 radical (unpaired) electrons.